The number of carbonyl (C=O) groups is 1. The molecule has 3 aromatic rings. The Morgan fingerprint density at radius 2 is 1.96 bits per heavy atom. The molecule has 0 saturated heterocycles. The summed E-state index contributed by atoms with van der Waals surface area (Å²) in [6, 6.07) is 9.69. The van der Waals surface area contributed by atoms with Crippen LogP contribution in [0.2, 0.25) is 0 Å². The van der Waals surface area contributed by atoms with Gasteiger partial charge in [0.15, 0.2) is 5.13 Å². The quantitative estimate of drug-likeness (QED) is 0.419. The Balaban J connectivity index is 1.95. The number of anilines is 1. The fourth-order valence-corrected chi connectivity index (χ4v) is 3.19. The Morgan fingerprint density at radius 3 is 2.54 bits per heavy atom. The van der Waals surface area contributed by atoms with Crippen molar-refractivity contribution in [2.24, 2.45) is 0 Å². The van der Waals surface area contributed by atoms with Crippen LogP contribution < -0.4 is 5.32 Å². The van der Waals surface area contributed by atoms with Gasteiger partial charge in [-0.15, -0.1) is 22.7 Å². The van der Waals surface area contributed by atoms with Gasteiger partial charge in [-0.25, -0.2) is 4.98 Å². The zero-order chi connectivity index (χ0) is 16.9. The van der Waals surface area contributed by atoms with Crippen LogP contribution in [0, 0.1) is 10.1 Å². The average molecular weight is 357 g/mol. The van der Waals surface area contributed by atoms with E-state index in [2.05, 4.69) is 10.3 Å². The molecular weight excluding hydrogens is 346 g/mol. The molecule has 0 bridgehead atoms. The van der Waals surface area contributed by atoms with Gasteiger partial charge < -0.3 is 0 Å². The number of rotatable bonds is 5. The number of nitro benzene ring substituents is 1. The molecule has 8 heteroatoms. The fourth-order valence-electron chi connectivity index (χ4n) is 2.01. The minimum absolute atomic E-state index is 0.0189. The predicted octanol–water partition coefficient (Wildman–Crippen LogP) is 4.29. The third-order valence-electron chi connectivity index (χ3n) is 3.12. The largest absolute Gasteiger partial charge is 0.298 e. The van der Waals surface area contributed by atoms with E-state index in [4.69, 9.17) is 0 Å². The van der Waals surface area contributed by atoms with Gasteiger partial charge in [-0.1, -0.05) is 6.07 Å². The monoisotopic (exact) mass is 357 g/mol. The van der Waals surface area contributed by atoms with E-state index in [1.165, 1.54) is 34.8 Å². The number of thiazole rings is 1. The van der Waals surface area contributed by atoms with E-state index in [9.17, 15) is 14.9 Å². The van der Waals surface area contributed by atoms with Gasteiger partial charge in [-0.3, -0.25) is 20.2 Å². The van der Waals surface area contributed by atoms with Gasteiger partial charge in [-0.2, -0.15) is 0 Å². The molecule has 0 unspecified atom stereocenters. The lowest BCUT2D eigenvalue weighted by molar-refractivity contribution is -0.384. The number of non-ortho nitro benzene ring substituents is 1. The van der Waals surface area contributed by atoms with Gasteiger partial charge in [0.2, 0.25) is 0 Å². The molecule has 24 heavy (non-hydrogen) atoms. The number of nitrogens with one attached hydrogen (secondary N) is 1. The van der Waals surface area contributed by atoms with E-state index in [1.54, 1.807) is 29.8 Å². The van der Waals surface area contributed by atoms with Gasteiger partial charge in [0.05, 0.1) is 4.92 Å². The summed E-state index contributed by atoms with van der Waals surface area (Å²) < 4.78 is 0. The maximum atomic E-state index is 12.6. The molecule has 0 radical (unpaired) electrons. The summed E-state index contributed by atoms with van der Waals surface area (Å²) in [5.74, 6) is -0.313. The molecule has 1 N–H and O–H groups in total. The second kappa shape index (κ2) is 7.16. The van der Waals surface area contributed by atoms with Crippen LogP contribution in [-0.2, 0) is 4.79 Å². The molecule has 0 fully saturated rings. The molecule has 3 rings (SSSR count). The van der Waals surface area contributed by atoms with Crippen LogP contribution in [0.1, 0.15) is 10.4 Å². The summed E-state index contributed by atoms with van der Waals surface area (Å²) in [5, 5.41) is 17.7. The van der Waals surface area contributed by atoms with Crippen molar-refractivity contribution in [3.8, 4) is 0 Å². The summed E-state index contributed by atoms with van der Waals surface area (Å²) in [5.41, 5.74) is 1.00. The van der Waals surface area contributed by atoms with E-state index in [-0.39, 0.29) is 11.6 Å². The number of hydrogen-bond acceptors (Lipinski definition) is 6. The maximum Gasteiger partial charge on any atom is 0.269 e. The fraction of sp³-hybridized carbons (Fsp3) is 0. The highest BCUT2D eigenvalue weighted by molar-refractivity contribution is 7.13. The first-order chi connectivity index (χ1) is 11.6. The number of amides is 1. The van der Waals surface area contributed by atoms with E-state index in [0.717, 1.165) is 4.88 Å². The minimum atomic E-state index is -0.470. The first-order valence-corrected chi connectivity index (χ1v) is 8.60. The van der Waals surface area contributed by atoms with Gasteiger partial charge in [0.1, 0.15) is 0 Å². The molecular formula is C16H11N3O3S2. The van der Waals surface area contributed by atoms with E-state index >= 15 is 0 Å². The van der Waals surface area contributed by atoms with Crippen molar-refractivity contribution in [3.63, 3.8) is 0 Å². The summed E-state index contributed by atoms with van der Waals surface area (Å²) >= 11 is 2.82. The number of nitro groups is 1. The highest BCUT2D eigenvalue weighted by atomic mass is 32.1. The highest BCUT2D eigenvalue weighted by Gasteiger charge is 2.15. The SMILES string of the molecule is O=C(Nc1nccs1)/C(=C/c1cccs1)c1ccc([N+](=O)[O-])cc1. The number of benzene rings is 1. The Morgan fingerprint density at radius 1 is 1.17 bits per heavy atom. The average Bonchev–Trinajstić information content (AvgIpc) is 3.26. The molecule has 1 aromatic carbocycles. The second-order valence-electron chi connectivity index (χ2n) is 4.67. The standard InChI is InChI=1S/C16H11N3O3S2/c20-15(18-16-17-7-9-24-16)14(10-13-2-1-8-23-13)11-3-5-12(6-4-11)19(21)22/h1-10H,(H,17,18,20)/b14-10+. The Labute approximate surface area is 145 Å². The van der Waals surface area contributed by atoms with E-state index in [1.807, 2.05) is 17.5 Å². The molecule has 2 heterocycles. The lowest BCUT2D eigenvalue weighted by Crippen LogP contribution is -2.13. The van der Waals surface area contributed by atoms with Gasteiger partial charge in [-0.05, 0) is 35.2 Å². The summed E-state index contributed by atoms with van der Waals surface area (Å²) in [6.45, 7) is 0. The van der Waals surface area contributed by atoms with Gasteiger partial charge in [0.25, 0.3) is 11.6 Å². The summed E-state index contributed by atoms with van der Waals surface area (Å²) in [7, 11) is 0. The molecule has 0 aliphatic carbocycles. The normalized spacial score (nSPS) is 11.2. The molecule has 0 atom stereocenters. The second-order valence-corrected chi connectivity index (χ2v) is 6.54. The third kappa shape index (κ3) is 3.73. The molecule has 0 saturated carbocycles. The maximum absolute atomic E-state index is 12.6. The molecule has 6 nitrogen and oxygen atoms in total. The van der Waals surface area contributed by atoms with Crippen LogP contribution in [0.25, 0.3) is 11.6 Å². The zero-order valence-corrected chi connectivity index (χ0v) is 13.8. The van der Waals surface area contributed by atoms with Crippen LogP contribution in [0.4, 0.5) is 10.8 Å². The van der Waals surface area contributed by atoms with Crippen LogP contribution in [0.5, 0.6) is 0 Å². The number of hydrogen-bond donors (Lipinski definition) is 1. The summed E-state index contributed by atoms with van der Waals surface area (Å²) in [6.07, 6.45) is 3.36. The number of carbonyl (C=O) groups excluding carboxylic acids is 1. The first kappa shape index (κ1) is 16.0. The lowest BCUT2D eigenvalue weighted by Gasteiger charge is -2.07. The van der Waals surface area contributed by atoms with E-state index < -0.39 is 4.92 Å². The number of nitrogens with zero attached hydrogens (tertiary/aromatic N) is 2. The predicted molar refractivity (Wildman–Crippen MR) is 96.0 cm³/mol. The number of thiophene rings is 1. The van der Waals surface area contributed by atoms with Crippen molar-refractivity contribution >= 4 is 51.0 Å². The molecule has 1 amide bonds. The van der Waals surface area contributed by atoms with Crippen molar-refractivity contribution in [1.29, 1.82) is 0 Å². The van der Waals surface area contributed by atoms with Crippen molar-refractivity contribution in [1.82, 2.24) is 4.98 Å². The third-order valence-corrected chi connectivity index (χ3v) is 4.62. The molecule has 120 valence electrons. The topological polar surface area (TPSA) is 85.1 Å². The summed E-state index contributed by atoms with van der Waals surface area (Å²) in [4.78, 5) is 27.9. The Hall–Kier alpha value is -2.84. The Kier molecular flexibility index (Phi) is 4.78. The van der Waals surface area contributed by atoms with Crippen molar-refractivity contribution < 1.29 is 9.72 Å². The first-order valence-electron chi connectivity index (χ1n) is 6.84. The van der Waals surface area contributed by atoms with Gasteiger partial charge in [0, 0.05) is 34.2 Å². The molecule has 0 spiro atoms. The van der Waals surface area contributed by atoms with Crippen LogP contribution >= 0.6 is 22.7 Å². The van der Waals surface area contributed by atoms with Crippen molar-refractivity contribution in [2.45, 2.75) is 0 Å². The van der Waals surface area contributed by atoms with Crippen LogP contribution in [-0.4, -0.2) is 15.8 Å². The zero-order valence-electron chi connectivity index (χ0n) is 12.2. The molecule has 2 aromatic heterocycles. The van der Waals surface area contributed by atoms with Crippen molar-refractivity contribution in [3.05, 3.63) is 73.9 Å². The smallest absolute Gasteiger partial charge is 0.269 e. The lowest BCUT2D eigenvalue weighted by atomic mass is 10.0. The van der Waals surface area contributed by atoms with Gasteiger partial charge >= 0.3 is 0 Å². The Bertz CT molecular complexity index is 870. The van der Waals surface area contributed by atoms with E-state index in [0.29, 0.717) is 16.3 Å². The highest BCUT2D eigenvalue weighted by Crippen LogP contribution is 2.25. The molecule has 0 aliphatic rings. The van der Waals surface area contributed by atoms with Crippen LogP contribution in [0.3, 0.4) is 0 Å². The van der Waals surface area contributed by atoms with Crippen molar-refractivity contribution in [2.75, 3.05) is 5.32 Å². The van der Waals surface area contributed by atoms with Crippen LogP contribution in [0.15, 0.2) is 53.4 Å². The number of aromatic nitrogens is 1. The minimum Gasteiger partial charge on any atom is -0.298 e. The molecule has 0 aliphatic heterocycles.